The number of anilines is 1. The second-order valence-corrected chi connectivity index (χ2v) is 13.1. The Kier molecular flexibility index (Phi) is 9.49. The smallest absolute Gasteiger partial charge is 0.386 e. The third-order valence-electron chi connectivity index (χ3n) is 5.37. The van der Waals surface area contributed by atoms with E-state index in [2.05, 4.69) is 32.8 Å². The fourth-order valence-electron chi connectivity index (χ4n) is 3.29. The van der Waals surface area contributed by atoms with E-state index < -0.39 is 72.7 Å². The topological polar surface area (TPSA) is 305 Å². The zero-order valence-electron chi connectivity index (χ0n) is 20.1. The first-order valence-corrected chi connectivity index (χ1v) is 15.2. The largest absolute Gasteiger partial charge is 0.481 e. The van der Waals surface area contributed by atoms with Crippen molar-refractivity contribution >= 4 is 46.7 Å². The average Bonchev–Trinajstić information content (AvgIpc) is 3.36. The SMILES string of the molecule is CC(C)(COP(=O)(O)OP(=O)(O)OC[C@H]1O[C@@H](n2cnc3c(N)ncnc32)[C@H](O)[C@@H]1OP(=O)(O)O)[C@@H](O)C=O. The monoisotopic (exact) mass is 621 g/mol. The van der Waals surface area contributed by atoms with Gasteiger partial charge in [-0.15, -0.1) is 0 Å². The van der Waals surface area contributed by atoms with Crippen LogP contribution in [-0.4, -0.2) is 93.2 Å². The maximum Gasteiger partial charge on any atom is 0.481 e. The van der Waals surface area contributed by atoms with Gasteiger partial charge in [0.1, 0.15) is 42.5 Å². The van der Waals surface area contributed by atoms with E-state index in [0.29, 0.717) is 0 Å². The van der Waals surface area contributed by atoms with E-state index in [0.717, 1.165) is 17.2 Å². The Balaban J connectivity index is 1.74. The van der Waals surface area contributed by atoms with Gasteiger partial charge in [-0.05, 0) is 0 Å². The van der Waals surface area contributed by atoms with Crippen LogP contribution in [0, 0.1) is 5.41 Å². The normalized spacial score (nSPS) is 26.3. The molecule has 3 heterocycles. The zero-order valence-corrected chi connectivity index (χ0v) is 22.8. The van der Waals surface area contributed by atoms with E-state index >= 15 is 0 Å². The summed E-state index contributed by atoms with van der Waals surface area (Å²) in [7, 11) is -16.0. The molecular formula is C16H26N5O15P3. The molecule has 1 fully saturated rings. The lowest BCUT2D eigenvalue weighted by Crippen LogP contribution is -2.36. The fourth-order valence-corrected chi connectivity index (χ4v) is 6.12. The average molecular weight is 621 g/mol. The number of carbonyl (C=O) groups excluding carboxylic acids is 1. The number of phosphoric acid groups is 3. The van der Waals surface area contributed by atoms with Gasteiger partial charge in [-0.25, -0.2) is 28.6 Å². The molecule has 220 valence electrons. The number of aromatic nitrogens is 4. The van der Waals surface area contributed by atoms with E-state index in [1.807, 2.05) is 0 Å². The lowest BCUT2D eigenvalue weighted by molar-refractivity contribution is -0.121. The lowest BCUT2D eigenvalue weighted by Gasteiger charge is -2.27. The molecule has 0 radical (unpaired) electrons. The predicted molar refractivity (Wildman–Crippen MR) is 125 cm³/mol. The van der Waals surface area contributed by atoms with Crippen molar-refractivity contribution in [2.75, 3.05) is 18.9 Å². The highest BCUT2D eigenvalue weighted by atomic mass is 31.3. The number of hydrogen-bond donors (Lipinski definition) is 7. The van der Waals surface area contributed by atoms with Gasteiger partial charge >= 0.3 is 23.5 Å². The van der Waals surface area contributed by atoms with E-state index in [1.54, 1.807) is 0 Å². The van der Waals surface area contributed by atoms with Crippen molar-refractivity contribution in [1.29, 1.82) is 0 Å². The molecule has 0 saturated carbocycles. The summed E-state index contributed by atoms with van der Waals surface area (Å²) in [5, 5.41) is 20.3. The van der Waals surface area contributed by atoms with Crippen LogP contribution in [-0.2, 0) is 41.1 Å². The molecule has 0 amide bonds. The molecule has 2 aromatic rings. The molecular weight excluding hydrogens is 595 g/mol. The molecule has 3 rings (SSSR count). The van der Waals surface area contributed by atoms with Crippen molar-refractivity contribution in [3.63, 3.8) is 0 Å². The summed E-state index contributed by atoms with van der Waals surface area (Å²) in [6, 6.07) is 0. The minimum Gasteiger partial charge on any atom is -0.386 e. The number of nitrogens with two attached hydrogens (primary N) is 1. The highest BCUT2D eigenvalue weighted by molar-refractivity contribution is 7.61. The Morgan fingerprint density at radius 1 is 1.15 bits per heavy atom. The highest BCUT2D eigenvalue weighted by Gasteiger charge is 2.50. The Hall–Kier alpha value is -1.73. The second-order valence-electron chi connectivity index (χ2n) is 8.86. The number of nitrogens with zero attached hydrogens (tertiary/aromatic N) is 4. The Bertz CT molecular complexity index is 1330. The Labute approximate surface area is 219 Å². The van der Waals surface area contributed by atoms with Crippen LogP contribution in [0.25, 0.3) is 11.2 Å². The molecule has 39 heavy (non-hydrogen) atoms. The molecule has 1 aliphatic heterocycles. The number of ether oxygens (including phenoxy) is 1. The van der Waals surface area contributed by atoms with E-state index in [-0.39, 0.29) is 23.3 Å². The number of carbonyl (C=O) groups is 1. The first-order valence-electron chi connectivity index (χ1n) is 10.7. The zero-order chi connectivity index (χ0) is 29.4. The number of aldehydes is 1. The number of nitrogen functional groups attached to an aromatic ring is 1. The summed E-state index contributed by atoms with van der Waals surface area (Å²) < 4.78 is 60.6. The molecule has 23 heteroatoms. The minimum absolute atomic E-state index is 0.0211. The molecule has 1 saturated heterocycles. The maximum absolute atomic E-state index is 12.3. The van der Waals surface area contributed by atoms with Crippen molar-refractivity contribution in [3.05, 3.63) is 12.7 Å². The molecule has 20 nitrogen and oxygen atoms in total. The molecule has 2 aromatic heterocycles. The number of fused-ring (bicyclic) bond motifs is 1. The number of aliphatic hydroxyl groups excluding tert-OH is 2. The van der Waals surface area contributed by atoms with Crippen molar-refractivity contribution in [2.24, 2.45) is 5.41 Å². The number of hydrogen-bond acceptors (Lipinski definition) is 15. The third kappa shape index (κ3) is 7.93. The minimum atomic E-state index is -5.44. The molecule has 1 aliphatic rings. The summed E-state index contributed by atoms with van der Waals surface area (Å²) in [5.74, 6) is -0.0211. The fraction of sp³-hybridized carbons (Fsp3) is 0.625. The van der Waals surface area contributed by atoms with Crippen molar-refractivity contribution in [1.82, 2.24) is 19.5 Å². The third-order valence-corrected chi connectivity index (χ3v) is 8.47. The maximum atomic E-state index is 12.3. The molecule has 0 aliphatic carbocycles. The van der Waals surface area contributed by atoms with E-state index in [1.165, 1.54) is 13.8 Å². The number of rotatable bonds is 13. The number of aliphatic hydroxyl groups is 2. The molecule has 0 aromatic carbocycles. The molecule has 0 spiro atoms. The summed E-state index contributed by atoms with van der Waals surface area (Å²) in [6.07, 6.45) is -6.09. The summed E-state index contributed by atoms with van der Waals surface area (Å²) in [5.41, 5.74) is 4.50. The Morgan fingerprint density at radius 3 is 2.41 bits per heavy atom. The predicted octanol–water partition coefficient (Wildman–Crippen LogP) is -1.02. The number of imidazole rings is 1. The molecule has 7 atom stereocenters. The Morgan fingerprint density at radius 2 is 1.79 bits per heavy atom. The van der Waals surface area contributed by atoms with Gasteiger partial charge in [-0.3, -0.25) is 18.1 Å². The van der Waals surface area contributed by atoms with E-state index in [9.17, 15) is 48.3 Å². The summed E-state index contributed by atoms with van der Waals surface area (Å²) in [6.45, 7) is 0.771. The van der Waals surface area contributed by atoms with Crippen LogP contribution >= 0.6 is 23.5 Å². The van der Waals surface area contributed by atoms with Crippen LogP contribution < -0.4 is 5.73 Å². The molecule has 0 bridgehead atoms. The van der Waals surface area contributed by atoms with Gasteiger partial charge in [-0.2, -0.15) is 4.31 Å². The van der Waals surface area contributed by atoms with Crippen LogP contribution in [0.2, 0.25) is 0 Å². The van der Waals surface area contributed by atoms with Crippen molar-refractivity contribution in [3.8, 4) is 0 Å². The van der Waals surface area contributed by atoms with E-state index in [4.69, 9.17) is 10.5 Å². The van der Waals surface area contributed by atoms with Crippen LogP contribution in [0.3, 0.4) is 0 Å². The lowest BCUT2D eigenvalue weighted by atomic mass is 9.88. The second kappa shape index (κ2) is 11.6. The highest BCUT2D eigenvalue weighted by Crippen LogP contribution is 2.61. The van der Waals surface area contributed by atoms with Crippen LogP contribution in [0.15, 0.2) is 12.7 Å². The van der Waals surface area contributed by atoms with Gasteiger partial charge in [0.25, 0.3) is 0 Å². The first-order chi connectivity index (χ1) is 17.9. The first kappa shape index (κ1) is 31.8. The van der Waals surface area contributed by atoms with Gasteiger partial charge in [0, 0.05) is 5.41 Å². The quantitative estimate of drug-likeness (QED) is 0.104. The van der Waals surface area contributed by atoms with Crippen LogP contribution in [0.1, 0.15) is 20.1 Å². The number of phosphoric ester groups is 3. The summed E-state index contributed by atoms with van der Waals surface area (Å²) in [4.78, 5) is 60.7. The van der Waals surface area contributed by atoms with Crippen LogP contribution in [0.4, 0.5) is 5.82 Å². The summed E-state index contributed by atoms with van der Waals surface area (Å²) >= 11 is 0. The van der Waals surface area contributed by atoms with Gasteiger partial charge in [-0.1, -0.05) is 13.8 Å². The van der Waals surface area contributed by atoms with Gasteiger partial charge in [0.05, 0.1) is 19.5 Å². The van der Waals surface area contributed by atoms with Crippen molar-refractivity contribution in [2.45, 2.75) is 44.5 Å². The molecule has 8 N–H and O–H groups in total. The van der Waals surface area contributed by atoms with Crippen molar-refractivity contribution < 1.29 is 70.9 Å². The van der Waals surface area contributed by atoms with Gasteiger partial charge < -0.3 is 45.1 Å². The van der Waals surface area contributed by atoms with Gasteiger partial charge in [0.15, 0.2) is 17.7 Å². The van der Waals surface area contributed by atoms with Crippen LogP contribution in [0.5, 0.6) is 0 Å². The molecule has 2 unspecified atom stereocenters. The standard InChI is InChI=1S/C16H26N5O15P3/c1-16(2,9(23)3-22)5-33-39(30,31)36-38(28,29)32-4-8-12(35-37(25,26)27)11(24)15(34-8)21-7-20-10-13(17)18-6-19-14(10)21/h3,6-9,11-12,15,23-24H,4-5H2,1-2H3,(H,28,29)(H,30,31)(H2,17,18,19)(H2,25,26,27)/t8-,9+,11-,12-,15-/m1/s1. The van der Waals surface area contributed by atoms with Gasteiger partial charge in [0.2, 0.25) is 0 Å².